The van der Waals surface area contributed by atoms with E-state index in [9.17, 15) is 9.90 Å². The Kier molecular flexibility index (Phi) is 2.48. The van der Waals surface area contributed by atoms with Crippen LogP contribution in [-0.2, 0) is 4.79 Å². The van der Waals surface area contributed by atoms with E-state index in [-0.39, 0.29) is 6.04 Å². The molecule has 3 nitrogen and oxygen atoms in total. The quantitative estimate of drug-likeness (QED) is 0.803. The Morgan fingerprint density at radius 1 is 1.00 bits per heavy atom. The monoisotopic (exact) mass is 249 g/mol. The number of aliphatic carboxylic acids is 1. The van der Waals surface area contributed by atoms with Crippen molar-refractivity contribution in [3.05, 3.63) is 0 Å². The molecule has 2 N–H and O–H groups in total. The van der Waals surface area contributed by atoms with E-state index in [1.165, 1.54) is 44.9 Å². The molecule has 0 heterocycles. The van der Waals surface area contributed by atoms with Crippen LogP contribution in [0.1, 0.15) is 44.9 Å². The summed E-state index contributed by atoms with van der Waals surface area (Å²) in [4.78, 5) is 11.6. The topological polar surface area (TPSA) is 49.3 Å². The molecule has 5 saturated carbocycles. The maximum Gasteiger partial charge on any atom is 0.321 e. The van der Waals surface area contributed by atoms with Crippen molar-refractivity contribution >= 4 is 5.97 Å². The van der Waals surface area contributed by atoms with Gasteiger partial charge in [-0.05, 0) is 74.5 Å². The Hall–Kier alpha value is -0.570. The van der Waals surface area contributed by atoms with Crippen molar-refractivity contribution in [2.75, 3.05) is 0 Å². The summed E-state index contributed by atoms with van der Waals surface area (Å²) in [6.07, 6.45) is 9.05. The van der Waals surface area contributed by atoms with Gasteiger partial charge in [-0.25, -0.2) is 0 Å². The van der Waals surface area contributed by atoms with Crippen molar-refractivity contribution in [2.45, 2.75) is 57.0 Å². The lowest BCUT2D eigenvalue weighted by atomic mass is 9.50. The third-order valence-electron chi connectivity index (χ3n) is 5.94. The van der Waals surface area contributed by atoms with Crippen molar-refractivity contribution in [1.82, 2.24) is 5.32 Å². The van der Waals surface area contributed by atoms with E-state index < -0.39 is 5.97 Å². The minimum Gasteiger partial charge on any atom is -0.480 e. The third-order valence-corrected chi connectivity index (χ3v) is 5.94. The second-order valence-electron chi connectivity index (χ2n) is 7.26. The molecule has 0 spiro atoms. The first-order valence-corrected chi connectivity index (χ1v) is 7.69. The molecule has 1 atom stereocenters. The Labute approximate surface area is 108 Å². The highest BCUT2D eigenvalue weighted by molar-refractivity contribution is 5.74. The van der Waals surface area contributed by atoms with Crippen LogP contribution in [0.25, 0.3) is 0 Å². The highest BCUT2D eigenvalue weighted by Crippen LogP contribution is 2.57. The molecule has 5 aliphatic carbocycles. The first kappa shape index (κ1) is 11.3. The summed E-state index contributed by atoms with van der Waals surface area (Å²) >= 11 is 0. The van der Waals surface area contributed by atoms with E-state index in [2.05, 4.69) is 5.32 Å². The lowest BCUT2D eigenvalue weighted by molar-refractivity contribution is -0.147. The predicted octanol–water partition coefficient (Wildman–Crippen LogP) is 2.26. The molecule has 4 bridgehead atoms. The average molecular weight is 249 g/mol. The zero-order valence-corrected chi connectivity index (χ0v) is 10.8. The molecule has 1 unspecified atom stereocenters. The van der Waals surface area contributed by atoms with Crippen molar-refractivity contribution < 1.29 is 9.90 Å². The number of carboxylic acid groups (broad SMARTS) is 1. The molecule has 5 aliphatic rings. The highest BCUT2D eigenvalue weighted by atomic mass is 16.4. The fourth-order valence-electron chi connectivity index (χ4n) is 5.36. The van der Waals surface area contributed by atoms with Gasteiger partial charge in [-0.1, -0.05) is 0 Å². The molecule has 5 fully saturated rings. The van der Waals surface area contributed by atoms with Crippen LogP contribution < -0.4 is 5.32 Å². The predicted molar refractivity (Wildman–Crippen MR) is 68.1 cm³/mol. The van der Waals surface area contributed by atoms with Crippen LogP contribution >= 0.6 is 0 Å². The van der Waals surface area contributed by atoms with E-state index >= 15 is 0 Å². The minimum atomic E-state index is -0.598. The first-order valence-electron chi connectivity index (χ1n) is 7.69. The molecule has 0 saturated heterocycles. The van der Waals surface area contributed by atoms with Crippen LogP contribution in [0.4, 0.5) is 0 Å². The largest absolute Gasteiger partial charge is 0.480 e. The molecular weight excluding hydrogens is 226 g/mol. The Bertz CT molecular complexity index is 336. The van der Waals surface area contributed by atoms with Crippen LogP contribution in [-0.4, -0.2) is 23.2 Å². The lowest BCUT2D eigenvalue weighted by Gasteiger charge is -2.55. The molecule has 5 rings (SSSR count). The highest BCUT2D eigenvalue weighted by Gasteiger charge is 2.52. The van der Waals surface area contributed by atoms with Crippen LogP contribution in [0, 0.1) is 29.6 Å². The van der Waals surface area contributed by atoms with Gasteiger partial charge in [0.25, 0.3) is 0 Å². The van der Waals surface area contributed by atoms with Gasteiger partial charge in [-0.15, -0.1) is 0 Å². The van der Waals surface area contributed by atoms with Crippen LogP contribution in [0.15, 0.2) is 0 Å². The minimum absolute atomic E-state index is 0.257. The van der Waals surface area contributed by atoms with Crippen LogP contribution in [0.5, 0.6) is 0 Å². The Morgan fingerprint density at radius 3 is 2.00 bits per heavy atom. The van der Waals surface area contributed by atoms with Crippen LogP contribution in [0.3, 0.4) is 0 Å². The Morgan fingerprint density at radius 2 is 1.56 bits per heavy atom. The molecule has 0 aromatic heterocycles. The van der Waals surface area contributed by atoms with Crippen molar-refractivity contribution in [3.8, 4) is 0 Å². The van der Waals surface area contributed by atoms with Gasteiger partial charge in [0.15, 0.2) is 0 Å². The van der Waals surface area contributed by atoms with Gasteiger partial charge in [0.2, 0.25) is 0 Å². The molecule has 0 aromatic carbocycles. The summed E-state index contributed by atoms with van der Waals surface area (Å²) in [5.41, 5.74) is 0. The fraction of sp³-hybridized carbons (Fsp3) is 0.933. The smallest absolute Gasteiger partial charge is 0.321 e. The molecule has 100 valence electrons. The zero-order chi connectivity index (χ0) is 12.3. The number of rotatable bonds is 4. The summed E-state index contributed by atoms with van der Waals surface area (Å²) in [7, 11) is 0. The first-order chi connectivity index (χ1) is 8.70. The van der Waals surface area contributed by atoms with E-state index in [4.69, 9.17) is 0 Å². The van der Waals surface area contributed by atoms with E-state index in [0.717, 1.165) is 11.8 Å². The van der Waals surface area contributed by atoms with Gasteiger partial charge in [-0.3, -0.25) is 4.79 Å². The fourth-order valence-corrected chi connectivity index (χ4v) is 5.36. The van der Waals surface area contributed by atoms with Crippen molar-refractivity contribution in [1.29, 1.82) is 0 Å². The van der Waals surface area contributed by atoms with Gasteiger partial charge in [0.05, 0.1) is 0 Å². The summed E-state index contributed by atoms with van der Waals surface area (Å²) < 4.78 is 0. The number of carbonyl (C=O) groups is 1. The molecule has 0 amide bonds. The number of nitrogens with one attached hydrogen (secondary N) is 1. The van der Waals surface area contributed by atoms with Gasteiger partial charge in [0.1, 0.15) is 6.04 Å². The van der Waals surface area contributed by atoms with Gasteiger partial charge in [0, 0.05) is 6.04 Å². The third kappa shape index (κ3) is 1.78. The van der Waals surface area contributed by atoms with E-state index in [1.54, 1.807) is 0 Å². The molecule has 0 aliphatic heterocycles. The second kappa shape index (κ2) is 3.96. The molecule has 0 radical (unpaired) electrons. The lowest BCUT2D eigenvalue weighted by Crippen LogP contribution is -2.56. The number of hydrogen-bond donors (Lipinski definition) is 2. The summed E-state index contributed by atoms with van der Waals surface area (Å²) in [6.45, 7) is 0. The zero-order valence-electron chi connectivity index (χ0n) is 10.8. The molecular formula is C15H23NO2. The van der Waals surface area contributed by atoms with Gasteiger partial charge in [-0.2, -0.15) is 0 Å². The van der Waals surface area contributed by atoms with Crippen molar-refractivity contribution in [3.63, 3.8) is 0 Å². The molecule has 0 aromatic rings. The summed E-state index contributed by atoms with van der Waals surface area (Å²) in [5.74, 6) is 3.09. The maximum atomic E-state index is 11.6. The molecule has 3 heteroatoms. The van der Waals surface area contributed by atoms with E-state index in [1.807, 2.05) is 0 Å². The van der Waals surface area contributed by atoms with Gasteiger partial charge >= 0.3 is 5.97 Å². The van der Waals surface area contributed by atoms with E-state index in [0.29, 0.717) is 23.8 Å². The Balaban J connectivity index is 1.56. The van der Waals surface area contributed by atoms with Crippen LogP contribution in [0.2, 0.25) is 0 Å². The SMILES string of the molecule is O=C(O)C(NC1CC1)C1C2CC3CC(C2)CC1C3. The average Bonchev–Trinajstić information content (AvgIpc) is 3.09. The van der Waals surface area contributed by atoms with Crippen molar-refractivity contribution in [2.24, 2.45) is 29.6 Å². The number of carboxylic acids is 1. The molecule has 18 heavy (non-hydrogen) atoms. The summed E-state index contributed by atoms with van der Waals surface area (Å²) in [6, 6.07) is 0.246. The maximum absolute atomic E-state index is 11.6. The van der Waals surface area contributed by atoms with Gasteiger partial charge < -0.3 is 10.4 Å². The normalized spacial score (nSPS) is 47.2. The summed E-state index contributed by atoms with van der Waals surface area (Å²) in [5, 5.41) is 13.0. The second-order valence-corrected chi connectivity index (χ2v) is 7.26. The number of hydrogen-bond acceptors (Lipinski definition) is 2. The standard InChI is InChI=1S/C15H23NO2/c17-15(18)14(16-12-1-2-12)13-10-4-8-3-9(6-10)7-11(13)5-8/h8-14,16H,1-7H2,(H,17,18).